The van der Waals surface area contributed by atoms with Gasteiger partial charge < -0.3 is 0 Å². The molecule has 0 N–H and O–H groups in total. The standard InChI is InChI=1S/C37H42/c1-3-5-6-9-28-12-17-31(18-13-28)33-23-25-34(26-24-33)32-19-14-29(15-20-32)16-21-35-27-22-30(4-2)36-10-7-8-11-37(35)36/h7-8,10-11,14-16,19-28,31H,3-6,9,12-13,17-18H2,1-2H3/b21-16+. The van der Waals surface area contributed by atoms with Gasteiger partial charge in [-0.15, -0.1) is 0 Å². The van der Waals surface area contributed by atoms with E-state index in [-0.39, 0.29) is 0 Å². The Morgan fingerprint density at radius 2 is 1.32 bits per heavy atom. The molecule has 0 heterocycles. The molecule has 0 aromatic heterocycles. The van der Waals surface area contributed by atoms with E-state index in [2.05, 4.69) is 111 Å². The zero-order chi connectivity index (χ0) is 25.5. The van der Waals surface area contributed by atoms with E-state index in [0.717, 1.165) is 18.3 Å². The van der Waals surface area contributed by atoms with Gasteiger partial charge in [0.1, 0.15) is 0 Å². The molecule has 37 heavy (non-hydrogen) atoms. The summed E-state index contributed by atoms with van der Waals surface area (Å²) in [4.78, 5) is 0. The lowest BCUT2D eigenvalue weighted by molar-refractivity contribution is 0.303. The van der Waals surface area contributed by atoms with E-state index in [9.17, 15) is 0 Å². The van der Waals surface area contributed by atoms with E-state index in [1.165, 1.54) is 95.5 Å². The number of unbranched alkanes of at least 4 members (excludes halogenated alkanes) is 2. The first-order chi connectivity index (χ1) is 18.2. The van der Waals surface area contributed by atoms with E-state index in [0.29, 0.717) is 0 Å². The molecule has 0 amide bonds. The predicted octanol–water partition coefficient (Wildman–Crippen LogP) is 11.1. The third-order valence-corrected chi connectivity index (χ3v) is 8.57. The topological polar surface area (TPSA) is 0 Å². The number of hydrogen-bond acceptors (Lipinski definition) is 0. The van der Waals surface area contributed by atoms with E-state index in [1.54, 1.807) is 0 Å². The van der Waals surface area contributed by atoms with Crippen LogP contribution in [0.15, 0.2) is 84.9 Å². The second-order valence-corrected chi connectivity index (χ2v) is 11.0. The van der Waals surface area contributed by atoms with E-state index in [1.807, 2.05) is 0 Å². The van der Waals surface area contributed by atoms with E-state index in [4.69, 9.17) is 0 Å². The van der Waals surface area contributed by atoms with Gasteiger partial charge in [-0.05, 0) is 88.1 Å². The Kier molecular flexibility index (Phi) is 8.57. The molecule has 4 aromatic carbocycles. The molecule has 1 fully saturated rings. The minimum Gasteiger partial charge on any atom is -0.0654 e. The van der Waals surface area contributed by atoms with Crippen molar-refractivity contribution in [1.82, 2.24) is 0 Å². The second kappa shape index (κ2) is 12.4. The van der Waals surface area contributed by atoms with Gasteiger partial charge in [-0.25, -0.2) is 0 Å². The smallest absolute Gasteiger partial charge is 0.0109 e. The van der Waals surface area contributed by atoms with Crippen LogP contribution in [0.25, 0.3) is 34.1 Å². The fraction of sp³-hybridized carbons (Fsp3) is 0.351. The van der Waals surface area contributed by atoms with E-state index < -0.39 is 0 Å². The highest BCUT2D eigenvalue weighted by atomic mass is 14.3. The molecule has 0 atom stereocenters. The highest BCUT2D eigenvalue weighted by Crippen LogP contribution is 2.38. The summed E-state index contributed by atoms with van der Waals surface area (Å²) >= 11 is 0. The Morgan fingerprint density at radius 3 is 2.00 bits per heavy atom. The number of aryl methyl sites for hydroxylation is 1. The van der Waals surface area contributed by atoms with Crippen molar-refractivity contribution in [2.75, 3.05) is 0 Å². The molecule has 0 radical (unpaired) electrons. The largest absolute Gasteiger partial charge is 0.0654 e. The van der Waals surface area contributed by atoms with Crippen LogP contribution in [-0.4, -0.2) is 0 Å². The van der Waals surface area contributed by atoms with Crippen LogP contribution in [0, 0.1) is 5.92 Å². The van der Waals surface area contributed by atoms with Crippen LogP contribution in [0.2, 0.25) is 0 Å². The summed E-state index contributed by atoms with van der Waals surface area (Å²) in [5.74, 6) is 1.73. The minimum absolute atomic E-state index is 0.756. The Balaban J connectivity index is 1.22. The lowest BCUT2D eigenvalue weighted by Crippen LogP contribution is -2.13. The lowest BCUT2D eigenvalue weighted by atomic mass is 9.77. The molecule has 1 saturated carbocycles. The van der Waals surface area contributed by atoms with Crippen molar-refractivity contribution >= 4 is 22.9 Å². The zero-order valence-electron chi connectivity index (χ0n) is 22.8. The van der Waals surface area contributed by atoms with Crippen LogP contribution >= 0.6 is 0 Å². The maximum absolute atomic E-state index is 2.39. The zero-order valence-corrected chi connectivity index (χ0v) is 22.8. The lowest BCUT2D eigenvalue weighted by Gasteiger charge is -2.29. The summed E-state index contributed by atoms with van der Waals surface area (Å²) in [7, 11) is 0. The quantitative estimate of drug-likeness (QED) is 0.163. The first-order valence-electron chi connectivity index (χ1n) is 14.6. The van der Waals surface area contributed by atoms with Gasteiger partial charge in [-0.1, -0.05) is 137 Å². The molecule has 0 heteroatoms. The van der Waals surface area contributed by atoms with Crippen molar-refractivity contribution < 1.29 is 0 Å². The van der Waals surface area contributed by atoms with Gasteiger partial charge >= 0.3 is 0 Å². The van der Waals surface area contributed by atoms with Gasteiger partial charge in [0.05, 0.1) is 0 Å². The third kappa shape index (κ3) is 6.24. The van der Waals surface area contributed by atoms with Gasteiger partial charge in [0, 0.05) is 0 Å². The monoisotopic (exact) mass is 486 g/mol. The predicted molar refractivity (Wildman–Crippen MR) is 163 cm³/mol. The van der Waals surface area contributed by atoms with Crippen LogP contribution in [0.4, 0.5) is 0 Å². The summed E-state index contributed by atoms with van der Waals surface area (Å²) in [6, 6.07) is 31.7. The SMILES string of the molecule is CCCCCC1CCC(c2ccc(-c3ccc(/C=C/c4ccc(CC)c5ccccc45)cc3)cc2)CC1. The number of hydrogen-bond donors (Lipinski definition) is 0. The molecule has 1 aliphatic carbocycles. The van der Waals surface area contributed by atoms with Gasteiger partial charge in [0.15, 0.2) is 0 Å². The molecular weight excluding hydrogens is 444 g/mol. The Labute approximate surface area is 224 Å². The highest BCUT2D eigenvalue weighted by Gasteiger charge is 2.22. The summed E-state index contributed by atoms with van der Waals surface area (Å²) in [6.07, 6.45) is 16.8. The Hall–Kier alpha value is -3.12. The summed E-state index contributed by atoms with van der Waals surface area (Å²) < 4.78 is 0. The number of rotatable bonds is 9. The summed E-state index contributed by atoms with van der Waals surface area (Å²) in [6.45, 7) is 4.54. The average molecular weight is 487 g/mol. The molecule has 0 bridgehead atoms. The maximum atomic E-state index is 2.39. The first-order valence-corrected chi connectivity index (χ1v) is 14.6. The molecule has 0 nitrogen and oxygen atoms in total. The van der Waals surface area contributed by atoms with Crippen LogP contribution in [0.3, 0.4) is 0 Å². The normalized spacial score (nSPS) is 18.0. The Morgan fingerprint density at radius 1 is 0.649 bits per heavy atom. The van der Waals surface area contributed by atoms with Crippen molar-refractivity contribution in [3.8, 4) is 11.1 Å². The van der Waals surface area contributed by atoms with Crippen LogP contribution < -0.4 is 0 Å². The minimum atomic E-state index is 0.756. The highest BCUT2D eigenvalue weighted by molar-refractivity contribution is 5.95. The van der Waals surface area contributed by atoms with Crippen molar-refractivity contribution in [3.63, 3.8) is 0 Å². The van der Waals surface area contributed by atoms with Gasteiger partial charge in [0.2, 0.25) is 0 Å². The fourth-order valence-electron chi connectivity index (χ4n) is 6.23. The third-order valence-electron chi connectivity index (χ3n) is 8.57. The molecule has 0 saturated heterocycles. The van der Waals surface area contributed by atoms with E-state index >= 15 is 0 Å². The van der Waals surface area contributed by atoms with Crippen LogP contribution in [0.1, 0.15) is 93.4 Å². The van der Waals surface area contributed by atoms with Crippen molar-refractivity contribution in [2.24, 2.45) is 5.92 Å². The molecule has 0 spiro atoms. The van der Waals surface area contributed by atoms with Crippen molar-refractivity contribution in [2.45, 2.75) is 77.6 Å². The number of fused-ring (bicyclic) bond motifs is 1. The van der Waals surface area contributed by atoms with Crippen LogP contribution in [0.5, 0.6) is 0 Å². The maximum Gasteiger partial charge on any atom is -0.0109 e. The molecule has 5 rings (SSSR count). The van der Waals surface area contributed by atoms with Gasteiger partial charge in [-0.2, -0.15) is 0 Å². The summed E-state index contributed by atoms with van der Waals surface area (Å²) in [5, 5.41) is 2.70. The molecular formula is C37H42. The molecule has 4 aromatic rings. The Bertz CT molecular complexity index is 1300. The molecule has 0 unspecified atom stereocenters. The van der Waals surface area contributed by atoms with Crippen LogP contribution in [-0.2, 0) is 6.42 Å². The second-order valence-electron chi connectivity index (χ2n) is 11.0. The summed E-state index contributed by atoms with van der Waals surface area (Å²) in [5.41, 5.74) is 8.08. The first kappa shape index (κ1) is 25.5. The average Bonchev–Trinajstić information content (AvgIpc) is 2.97. The fourth-order valence-corrected chi connectivity index (χ4v) is 6.23. The van der Waals surface area contributed by atoms with Crippen molar-refractivity contribution in [3.05, 3.63) is 107 Å². The van der Waals surface area contributed by atoms with Gasteiger partial charge in [-0.3, -0.25) is 0 Å². The molecule has 1 aliphatic rings. The number of benzene rings is 4. The van der Waals surface area contributed by atoms with Gasteiger partial charge in [0.25, 0.3) is 0 Å². The molecule has 190 valence electrons. The molecule has 0 aliphatic heterocycles. The van der Waals surface area contributed by atoms with Crippen molar-refractivity contribution in [1.29, 1.82) is 0 Å².